The fourth-order valence-electron chi connectivity index (χ4n) is 1.77. The molecule has 1 N–H and O–H groups in total. The zero-order valence-corrected chi connectivity index (χ0v) is 8.93. The Balaban J connectivity index is 2.39. The molecule has 3 heteroatoms. The molecule has 0 atom stereocenters. The Hall–Kier alpha value is -1.02. The number of rotatable bonds is 1. The number of aryl methyl sites for hydroxylation is 1. The molecule has 0 aromatic heterocycles. The van der Waals surface area contributed by atoms with Crippen molar-refractivity contribution in [3.63, 3.8) is 0 Å². The van der Waals surface area contributed by atoms with E-state index in [4.69, 9.17) is 17.0 Å². The van der Waals surface area contributed by atoms with Gasteiger partial charge in [-0.1, -0.05) is 17.7 Å². The van der Waals surface area contributed by atoms with Gasteiger partial charge in [0.15, 0.2) is 0 Å². The van der Waals surface area contributed by atoms with E-state index in [1.807, 2.05) is 30.0 Å². The Morgan fingerprint density at radius 2 is 2.21 bits per heavy atom. The van der Waals surface area contributed by atoms with Crippen molar-refractivity contribution in [2.75, 3.05) is 11.4 Å². The van der Waals surface area contributed by atoms with E-state index in [-0.39, 0.29) is 0 Å². The van der Waals surface area contributed by atoms with Gasteiger partial charge in [0.25, 0.3) is 0 Å². The van der Waals surface area contributed by atoms with Crippen LogP contribution in [0.15, 0.2) is 18.2 Å². The van der Waals surface area contributed by atoms with Crippen LogP contribution >= 0.6 is 11.6 Å². The smallest absolute Gasteiger partial charge is 0.100 e. The zero-order valence-electron chi connectivity index (χ0n) is 8.18. The molecule has 0 saturated carbocycles. The Labute approximate surface area is 89.0 Å². The second-order valence-corrected chi connectivity index (χ2v) is 4.06. The van der Waals surface area contributed by atoms with E-state index < -0.39 is 0 Å². The predicted molar refractivity (Wildman–Crippen MR) is 60.5 cm³/mol. The molecule has 1 saturated heterocycles. The quantitative estimate of drug-likeness (QED) is 0.754. The maximum atomic E-state index is 7.78. The lowest BCUT2D eigenvalue weighted by Crippen LogP contribution is -2.23. The van der Waals surface area contributed by atoms with Crippen molar-refractivity contribution in [3.8, 4) is 0 Å². The third kappa shape index (κ3) is 1.62. The highest BCUT2D eigenvalue weighted by Gasteiger charge is 2.20. The SMILES string of the molecule is Cc1ccc(Cl)c(N2CCCC2=N)c1. The van der Waals surface area contributed by atoms with Crippen LogP contribution in [0.5, 0.6) is 0 Å². The minimum absolute atomic E-state index is 0.678. The van der Waals surface area contributed by atoms with Gasteiger partial charge in [0.05, 0.1) is 10.7 Å². The molecular formula is C11H13ClN2. The van der Waals surface area contributed by atoms with Crippen LogP contribution in [0.1, 0.15) is 18.4 Å². The van der Waals surface area contributed by atoms with Crippen molar-refractivity contribution in [3.05, 3.63) is 28.8 Å². The van der Waals surface area contributed by atoms with Crippen molar-refractivity contribution in [2.45, 2.75) is 19.8 Å². The van der Waals surface area contributed by atoms with Crippen LogP contribution < -0.4 is 4.90 Å². The van der Waals surface area contributed by atoms with E-state index in [0.717, 1.165) is 30.1 Å². The molecule has 1 fully saturated rings. The van der Waals surface area contributed by atoms with Gasteiger partial charge in [-0.15, -0.1) is 0 Å². The number of hydrogen-bond acceptors (Lipinski definition) is 1. The molecule has 2 rings (SSSR count). The van der Waals surface area contributed by atoms with Crippen molar-refractivity contribution in [2.24, 2.45) is 0 Å². The van der Waals surface area contributed by atoms with E-state index >= 15 is 0 Å². The standard InChI is InChI=1S/C11H13ClN2/c1-8-4-5-9(12)10(7-8)14-6-2-3-11(14)13/h4-5,7,13H,2-3,6H2,1H3. The second-order valence-electron chi connectivity index (χ2n) is 3.66. The molecule has 0 bridgehead atoms. The van der Waals surface area contributed by atoms with Crippen LogP contribution in [-0.4, -0.2) is 12.4 Å². The fourth-order valence-corrected chi connectivity index (χ4v) is 1.99. The van der Waals surface area contributed by atoms with E-state index in [1.165, 1.54) is 5.56 Å². The van der Waals surface area contributed by atoms with Crippen LogP contribution in [-0.2, 0) is 0 Å². The molecule has 0 spiro atoms. The predicted octanol–water partition coefficient (Wildman–Crippen LogP) is 3.23. The first kappa shape index (κ1) is 9.53. The summed E-state index contributed by atoms with van der Waals surface area (Å²) < 4.78 is 0. The lowest BCUT2D eigenvalue weighted by Gasteiger charge is -2.19. The van der Waals surface area contributed by atoms with Crippen molar-refractivity contribution >= 4 is 23.1 Å². The summed E-state index contributed by atoms with van der Waals surface area (Å²) in [7, 11) is 0. The summed E-state index contributed by atoms with van der Waals surface area (Å²) in [6.07, 6.45) is 1.92. The van der Waals surface area contributed by atoms with Crippen LogP contribution in [0.3, 0.4) is 0 Å². The minimum Gasteiger partial charge on any atom is -0.329 e. The van der Waals surface area contributed by atoms with Crippen LogP contribution in [0.25, 0.3) is 0 Å². The van der Waals surface area contributed by atoms with Gasteiger partial charge in [-0.25, -0.2) is 0 Å². The average molecular weight is 209 g/mol. The Kier molecular flexibility index (Phi) is 2.46. The molecule has 1 aromatic rings. The minimum atomic E-state index is 0.678. The largest absolute Gasteiger partial charge is 0.329 e. The molecule has 0 amide bonds. The summed E-state index contributed by atoms with van der Waals surface area (Å²) in [5, 5.41) is 8.52. The molecule has 0 aliphatic carbocycles. The molecule has 1 aliphatic heterocycles. The number of halogens is 1. The first-order valence-corrected chi connectivity index (χ1v) is 5.17. The summed E-state index contributed by atoms with van der Waals surface area (Å²) in [6, 6.07) is 5.94. The van der Waals surface area contributed by atoms with Crippen molar-refractivity contribution in [1.82, 2.24) is 0 Å². The van der Waals surface area contributed by atoms with E-state index in [9.17, 15) is 0 Å². The number of amidine groups is 1. The highest BCUT2D eigenvalue weighted by molar-refractivity contribution is 6.33. The van der Waals surface area contributed by atoms with Crippen molar-refractivity contribution < 1.29 is 0 Å². The second kappa shape index (κ2) is 3.62. The summed E-state index contributed by atoms with van der Waals surface area (Å²) in [5.41, 5.74) is 2.17. The summed E-state index contributed by atoms with van der Waals surface area (Å²) in [6.45, 7) is 2.96. The zero-order chi connectivity index (χ0) is 10.1. The third-order valence-corrected chi connectivity index (χ3v) is 2.83. The van der Waals surface area contributed by atoms with Crippen molar-refractivity contribution in [1.29, 1.82) is 5.41 Å². The number of anilines is 1. The van der Waals surface area contributed by atoms with Gasteiger partial charge in [0.1, 0.15) is 5.84 Å². The number of nitrogens with zero attached hydrogens (tertiary/aromatic N) is 1. The van der Waals surface area contributed by atoms with Gasteiger partial charge >= 0.3 is 0 Å². The van der Waals surface area contributed by atoms with Gasteiger partial charge in [0, 0.05) is 13.0 Å². The summed E-state index contributed by atoms with van der Waals surface area (Å²) in [5.74, 6) is 0.678. The molecule has 1 heterocycles. The molecule has 14 heavy (non-hydrogen) atoms. The lowest BCUT2D eigenvalue weighted by atomic mass is 10.2. The summed E-state index contributed by atoms with van der Waals surface area (Å²) >= 11 is 6.10. The number of nitrogens with one attached hydrogen (secondary N) is 1. The molecule has 74 valence electrons. The van der Waals surface area contributed by atoms with Gasteiger partial charge < -0.3 is 4.90 Å². The Bertz CT molecular complexity index is 374. The fraction of sp³-hybridized carbons (Fsp3) is 0.364. The number of hydrogen-bond donors (Lipinski definition) is 1. The maximum absolute atomic E-state index is 7.78. The molecular weight excluding hydrogens is 196 g/mol. The monoisotopic (exact) mass is 208 g/mol. The highest BCUT2D eigenvalue weighted by Crippen LogP contribution is 2.30. The van der Waals surface area contributed by atoms with Crippen LogP contribution in [0.4, 0.5) is 5.69 Å². The van der Waals surface area contributed by atoms with E-state index in [2.05, 4.69) is 0 Å². The normalized spacial score (nSPS) is 16.4. The van der Waals surface area contributed by atoms with E-state index in [1.54, 1.807) is 0 Å². The summed E-state index contributed by atoms with van der Waals surface area (Å²) in [4.78, 5) is 2.00. The molecule has 0 unspecified atom stereocenters. The van der Waals surface area contributed by atoms with Crippen LogP contribution in [0.2, 0.25) is 5.02 Å². The first-order chi connectivity index (χ1) is 6.68. The van der Waals surface area contributed by atoms with Crippen LogP contribution in [0, 0.1) is 12.3 Å². The average Bonchev–Trinajstić information content (AvgIpc) is 2.56. The topological polar surface area (TPSA) is 27.1 Å². The van der Waals surface area contributed by atoms with Gasteiger partial charge in [-0.3, -0.25) is 5.41 Å². The van der Waals surface area contributed by atoms with Gasteiger partial charge in [-0.2, -0.15) is 0 Å². The Morgan fingerprint density at radius 1 is 1.43 bits per heavy atom. The van der Waals surface area contributed by atoms with Gasteiger partial charge in [-0.05, 0) is 31.0 Å². The van der Waals surface area contributed by atoms with Gasteiger partial charge in [0.2, 0.25) is 0 Å². The Morgan fingerprint density at radius 3 is 2.86 bits per heavy atom. The number of benzene rings is 1. The first-order valence-electron chi connectivity index (χ1n) is 4.79. The molecule has 1 aromatic carbocycles. The highest BCUT2D eigenvalue weighted by atomic mass is 35.5. The lowest BCUT2D eigenvalue weighted by molar-refractivity contribution is 0.956. The molecule has 0 radical (unpaired) electrons. The maximum Gasteiger partial charge on any atom is 0.100 e. The molecule has 1 aliphatic rings. The van der Waals surface area contributed by atoms with E-state index in [0.29, 0.717) is 5.84 Å². The third-order valence-electron chi connectivity index (χ3n) is 2.51. The molecule has 2 nitrogen and oxygen atoms in total.